The highest BCUT2D eigenvalue weighted by molar-refractivity contribution is 7.15. The van der Waals surface area contributed by atoms with E-state index < -0.39 is 4.92 Å². The Bertz CT molecular complexity index is 549. The van der Waals surface area contributed by atoms with Crippen LogP contribution in [0.15, 0.2) is 30.3 Å². The highest BCUT2D eigenvalue weighted by atomic mass is 32.1. The summed E-state index contributed by atoms with van der Waals surface area (Å²) in [4.78, 5) is 12.5. The van der Waals surface area contributed by atoms with Crippen molar-refractivity contribution in [2.75, 3.05) is 5.73 Å². The SMILES string of the molecule is Cc1ccc(-c2ccc(N)c([N+](=O)[O-])c2)s1. The first-order chi connectivity index (χ1) is 7.58. The van der Waals surface area contributed by atoms with Crippen LogP contribution in [-0.2, 0) is 0 Å². The van der Waals surface area contributed by atoms with Crippen molar-refractivity contribution < 1.29 is 4.92 Å². The van der Waals surface area contributed by atoms with Gasteiger partial charge >= 0.3 is 0 Å². The van der Waals surface area contributed by atoms with Gasteiger partial charge < -0.3 is 5.73 Å². The average Bonchev–Trinajstić information content (AvgIpc) is 2.65. The monoisotopic (exact) mass is 234 g/mol. The predicted molar refractivity (Wildman–Crippen MR) is 65.6 cm³/mol. The van der Waals surface area contributed by atoms with Crippen molar-refractivity contribution >= 4 is 22.7 Å². The number of thiophene rings is 1. The summed E-state index contributed by atoms with van der Waals surface area (Å²) in [7, 11) is 0. The molecule has 2 N–H and O–H groups in total. The van der Waals surface area contributed by atoms with E-state index in [1.165, 1.54) is 10.9 Å². The fourth-order valence-electron chi connectivity index (χ4n) is 1.44. The zero-order chi connectivity index (χ0) is 11.7. The molecule has 0 saturated carbocycles. The van der Waals surface area contributed by atoms with E-state index in [0.717, 1.165) is 10.4 Å². The second-order valence-corrected chi connectivity index (χ2v) is 4.73. The van der Waals surface area contributed by atoms with E-state index in [0.29, 0.717) is 0 Å². The number of nitro groups is 1. The highest BCUT2D eigenvalue weighted by Gasteiger charge is 2.13. The molecule has 5 heteroatoms. The summed E-state index contributed by atoms with van der Waals surface area (Å²) in [6.45, 7) is 2.00. The molecule has 0 unspecified atom stereocenters. The lowest BCUT2D eigenvalue weighted by molar-refractivity contribution is -0.383. The summed E-state index contributed by atoms with van der Waals surface area (Å²) in [5, 5.41) is 10.7. The van der Waals surface area contributed by atoms with Crippen molar-refractivity contribution in [2.45, 2.75) is 6.92 Å². The van der Waals surface area contributed by atoms with E-state index >= 15 is 0 Å². The molecule has 0 atom stereocenters. The Labute approximate surface area is 96.5 Å². The molecule has 1 heterocycles. The van der Waals surface area contributed by atoms with Crippen molar-refractivity contribution in [3.63, 3.8) is 0 Å². The Morgan fingerprint density at radius 1 is 1.31 bits per heavy atom. The number of benzene rings is 1. The third-order valence-corrected chi connectivity index (χ3v) is 3.30. The molecule has 16 heavy (non-hydrogen) atoms. The molecular weight excluding hydrogens is 224 g/mol. The van der Waals surface area contributed by atoms with Crippen LogP contribution in [0.2, 0.25) is 0 Å². The number of hydrogen-bond donors (Lipinski definition) is 1. The second-order valence-electron chi connectivity index (χ2n) is 3.44. The molecule has 0 saturated heterocycles. The van der Waals surface area contributed by atoms with Gasteiger partial charge in [-0.1, -0.05) is 6.07 Å². The Balaban J connectivity index is 2.51. The smallest absolute Gasteiger partial charge is 0.292 e. The van der Waals surface area contributed by atoms with Gasteiger partial charge in [-0.3, -0.25) is 10.1 Å². The van der Waals surface area contributed by atoms with Gasteiger partial charge in [0.2, 0.25) is 0 Å². The number of hydrogen-bond acceptors (Lipinski definition) is 4. The van der Waals surface area contributed by atoms with Crippen LogP contribution >= 0.6 is 11.3 Å². The van der Waals surface area contributed by atoms with Gasteiger partial charge in [-0.2, -0.15) is 0 Å². The van der Waals surface area contributed by atoms with Gasteiger partial charge in [0.15, 0.2) is 0 Å². The second kappa shape index (κ2) is 3.94. The van der Waals surface area contributed by atoms with Crippen molar-refractivity contribution in [3.05, 3.63) is 45.3 Å². The van der Waals surface area contributed by atoms with Gasteiger partial charge in [-0.05, 0) is 30.7 Å². The Hall–Kier alpha value is -1.88. The van der Waals surface area contributed by atoms with E-state index in [-0.39, 0.29) is 11.4 Å². The van der Waals surface area contributed by atoms with Gasteiger partial charge in [-0.15, -0.1) is 11.3 Å². The van der Waals surface area contributed by atoms with Crippen LogP contribution < -0.4 is 5.73 Å². The quantitative estimate of drug-likeness (QED) is 0.492. The van der Waals surface area contributed by atoms with E-state index in [1.54, 1.807) is 23.5 Å². The minimum absolute atomic E-state index is 0.0384. The topological polar surface area (TPSA) is 69.2 Å². The molecule has 4 nitrogen and oxygen atoms in total. The predicted octanol–water partition coefficient (Wildman–Crippen LogP) is 3.21. The molecule has 0 aliphatic rings. The molecule has 2 aromatic rings. The number of nitro benzene ring substituents is 1. The van der Waals surface area contributed by atoms with E-state index in [4.69, 9.17) is 5.73 Å². The molecule has 2 rings (SSSR count). The number of anilines is 1. The first-order valence-electron chi connectivity index (χ1n) is 4.68. The van der Waals surface area contributed by atoms with Crippen molar-refractivity contribution in [2.24, 2.45) is 0 Å². The normalized spacial score (nSPS) is 10.3. The molecular formula is C11H10N2O2S. The van der Waals surface area contributed by atoms with Crippen LogP contribution in [0.1, 0.15) is 4.88 Å². The molecule has 0 aliphatic heterocycles. The Morgan fingerprint density at radius 2 is 2.06 bits per heavy atom. The molecule has 0 aliphatic carbocycles. The summed E-state index contributed by atoms with van der Waals surface area (Å²) in [5.41, 5.74) is 6.53. The molecule has 0 bridgehead atoms. The maximum absolute atomic E-state index is 10.7. The zero-order valence-electron chi connectivity index (χ0n) is 8.64. The standard InChI is InChI=1S/C11H10N2O2S/c1-7-2-5-11(16-7)8-3-4-9(12)10(6-8)13(14)15/h2-6H,12H2,1H3. The van der Waals surface area contributed by atoms with Crippen molar-refractivity contribution in [1.29, 1.82) is 0 Å². The lowest BCUT2D eigenvalue weighted by Crippen LogP contribution is -1.95. The van der Waals surface area contributed by atoms with Gasteiger partial charge in [0.25, 0.3) is 5.69 Å². The molecule has 0 amide bonds. The summed E-state index contributed by atoms with van der Waals surface area (Å²) in [6, 6.07) is 8.83. The van der Waals surface area contributed by atoms with Crippen molar-refractivity contribution in [1.82, 2.24) is 0 Å². The summed E-state index contributed by atoms with van der Waals surface area (Å²) in [5.74, 6) is 0. The Morgan fingerprint density at radius 3 is 2.62 bits per heavy atom. The van der Waals surface area contributed by atoms with Crippen LogP contribution in [0.3, 0.4) is 0 Å². The van der Waals surface area contributed by atoms with Gasteiger partial charge in [0, 0.05) is 15.8 Å². The molecule has 82 valence electrons. The maximum atomic E-state index is 10.7. The molecule has 0 radical (unpaired) electrons. The van der Waals surface area contributed by atoms with E-state index in [1.807, 2.05) is 19.1 Å². The number of rotatable bonds is 2. The molecule has 0 fully saturated rings. The number of nitrogens with zero attached hydrogens (tertiary/aromatic N) is 1. The van der Waals surface area contributed by atoms with Crippen LogP contribution in [-0.4, -0.2) is 4.92 Å². The largest absolute Gasteiger partial charge is 0.393 e. The van der Waals surface area contributed by atoms with Crippen LogP contribution in [0, 0.1) is 17.0 Å². The van der Waals surface area contributed by atoms with Crippen LogP contribution in [0.5, 0.6) is 0 Å². The maximum Gasteiger partial charge on any atom is 0.292 e. The van der Waals surface area contributed by atoms with Crippen LogP contribution in [0.25, 0.3) is 10.4 Å². The van der Waals surface area contributed by atoms with Gasteiger partial charge in [-0.25, -0.2) is 0 Å². The number of aryl methyl sites for hydroxylation is 1. The fraction of sp³-hybridized carbons (Fsp3) is 0.0909. The van der Waals surface area contributed by atoms with Gasteiger partial charge in [0.05, 0.1) is 4.92 Å². The average molecular weight is 234 g/mol. The van der Waals surface area contributed by atoms with Crippen molar-refractivity contribution in [3.8, 4) is 10.4 Å². The first kappa shape index (κ1) is 10.6. The van der Waals surface area contributed by atoms with E-state index in [9.17, 15) is 10.1 Å². The van der Waals surface area contributed by atoms with Crippen LogP contribution in [0.4, 0.5) is 11.4 Å². The Kier molecular flexibility index (Phi) is 2.62. The number of nitrogen functional groups attached to an aromatic ring is 1. The molecule has 1 aromatic carbocycles. The third-order valence-electron chi connectivity index (χ3n) is 2.25. The first-order valence-corrected chi connectivity index (χ1v) is 5.50. The number of nitrogens with two attached hydrogens (primary N) is 1. The molecule has 1 aromatic heterocycles. The summed E-state index contributed by atoms with van der Waals surface area (Å²) in [6.07, 6.45) is 0. The minimum atomic E-state index is -0.459. The lowest BCUT2D eigenvalue weighted by atomic mass is 10.1. The zero-order valence-corrected chi connectivity index (χ0v) is 9.45. The third kappa shape index (κ3) is 1.90. The van der Waals surface area contributed by atoms with E-state index in [2.05, 4.69) is 0 Å². The lowest BCUT2D eigenvalue weighted by Gasteiger charge is -2.00. The van der Waals surface area contributed by atoms with Gasteiger partial charge in [0.1, 0.15) is 5.69 Å². The molecule has 0 spiro atoms. The summed E-state index contributed by atoms with van der Waals surface area (Å²) < 4.78 is 0. The fourth-order valence-corrected chi connectivity index (χ4v) is 2.31. The highest BCUT2D eigenvalue weighted by Crippen LogP contribution is 2.32. The summed E-state index contributed by atoms with van der Waals surface area (Å²) >= 11 is 1.60. The minimum Gasteiger partial charge on any atom is -0.393 e.